The lowest BCUT2D eigenvalue weighted by atomic mass is 10.1. The summed E-state index contributed by atoms with van der Waals surface area (Å²) in [4.78, 5) is 11.3. The highest BCUT2D eigenvalue weighted by Gasteiger charge is 2.11. The Kier molecular flexibility index (Phi) is 4.03. The predicted molar refractivity (Wildman–Crippen MR) is 59.8 cm³/mol. The Morgan fingerprint density at radius 2 is 2.27 bits per heavy atom. The lowest BCUT2D eigenvalue weighted by Gasteiger charge is -2.05. The molecule has 2 nitrogen and oxygen atoms in total. The number of hydrogen-bond acceptors (Lipinski definition) is 2. The minimum Gasteiger partial charge on any atom is -0.462 e. The van der Waals surface area contributed by atoms with Crippen LogP contribution in [-0.4, -0.2) is 12.6 Å². The van der Waals surface area contributed by atoms with Gasteiger partial charge in [0.15, 0.2) is 0 Å². The SMILES string of the molecule is C=C(C(=O)OCC)c1ccc(Br)c(F)c1. The zero-order valence-corrected chi connectivity index (χ0v) is 9.80. The molecule has 0 radical (unpaired) electrons. The van der Waals surface area contributed by atoms with Gasteiger partial charge in [0.05, 0.1) is 16.7 Å². The van der Waals surface area contributed by atoms with Gasteiger partial charge in [0.25, 0.3) is 0 Å². The molecule has 0 atom stereocenters. The zero-order chi connectivity index (χ0) is 11.4. The van der Waals surface area contributed by atoms with Crippen molar-refractivity contribution in [1.29, 1.82) is 0 Å². The van der Waals surface area contributed by atoms with Crippen molar-refractivity contribution in [1.82, 2.24) is 0 Å². The van der Waals surface area contributed by atoms with E-state index in [1.54, 1.807) is 13.0 Å². The molecule has 4 heteroatoms. The summed E-state index contributed by atoms with van der Waals surface area (Å²) in [6.45, 7) is 5.53. The second kappa shape index (κ2) is 5.07. The Labute approximate surface area is 95.9 Å². The normalized spacial score (nSPS) is 9.80. The van der Waals surface area contributed by atoms with Crippen LogP contribution in [0.3, 0.4) is 0 Å². The van der Waals surface area contributed by atoms with E-state index in [4.69, 9.17) is 4.74 Å². The molecule has 0 fully saturated rings. The van der Waals surface area contributed by atoms with Crippen molar-refractivity contribution in [2.24, 2.45) is 0 Å². The zero-order valence-electron chi connectivity index (χ0n) is 8.22. The van der Waals surface area contributed by atoms with Gasteiger partial charge in [0.1, 0.15) is 5.82 Å². The van der Waals surface area contributed by atoms with E-state index in [-0.39, 0.29) is 12.2 Å². The molecule has 0 N–H and O–H groups in total. The maximum absolute atomic E-state index is 13.1. The number of esters is 1. The number of carbonyl (C=O) groups excluding carboxylic acids is 1. The van der Waals surface area contributed by atoms with Crippen LogP contribution in [0.5, 0.6) is 0 Å². The van der Waals surface area contributed by atoms with E-state index >= 15 is 0 Å². The fourth-order valence-electron chi connectivity index (χ4n) is 1.02. The van der Waals surface area contributed by atoms with E-state index in [1.807, 2.05) is 0 Å². The first-order valence-corrected chi connectivity index (χ1v) is 5.17. The summed E-state index contributed by atoms with van der Waals surface area (Å²) in [6.07, 6.45) is 0. The average molecular weight is 273 g/mol. The van der Waals surface area contributed by atoms with Gasteiger partial charge in [-0.3, -0.25) is 0 Å². The van der Waals surface area contributed by atoms with E-state index in [0.29, 0.717) is 10.0 Å². The largest absolute Gasteiger partial charge is 0.462 e. The second-order valence-electron chi connectivity index (χ2n) is 2.83. The third kappa shape index (κ3) is 2.89. The quantitative estimate of drug-likeness (QED) is 0.624. The van der Waals surface area contributed by atoms with Crippen molar-refractivity contribution in [3.05, 3.63) is 40.6 Å². The van der Waals surface area contributed by atoms with Crippen LogP contribution in [-0.2, 0) is 9.53 Å². The Bertz CT molecular complexity index is 402. The minimum atomic E-state index is -0.528. The fourth-order valence-corrected chi connectivity index (χ4v) is 1.27. The summed E-state index contributed by atoms with van der Waals surface area (Å²) in [7, 11) is 0. The van der Waals surface area contributed by atoms with Gasteiger partial charge in [0, 0.05) is 0 Å². The molecule has 0 saturated heterocycles. The van der Waals surface area contributed by atoms with Gasteiger partial charge in [0.2, 0.25) is 0 Å². The molecule has 0 amide bonds. The summed E-state index contributed by atoms with van der Waals surface area (Å²) in [5, 5.41) is 0. The van der Waals surface area contributed by atoms with Gasteiger partial charge in [-0.15, -0.1) is 0 Å². The number of benzene rings is 1. The number of halogens is 2. The van der Waals surface area contributed by atoms with E-state index in [1.165, 1.54) is 12.1 Å². The molecule has 0 aromatic heterocycles. The van der Waals surface area contributed by atoms with Crippen LogP contribution in [0.1, 0.15) is 12.5 Å². The van der Waals surface area contributed by atoms with Crippen molar-refractivity contribution in [2.45, 2.75) is 6.92 Å². The highest BCUT2D eigenvalue weighted by molar-refractivity contribution is 9.10. The molecular formula is C11H10BrFO2. The van der Waals surface area contributed by atoms with E-state index < -0.39 is 11.8 Å². The summed E-state index contributed by atoms with van der Waals surface area (Å²) in [5.74, 6) is -0.961. The number of ether oxygens (including phenoxy) is 1. The second-order valence-corrected chi connectivity index (χ2v) is 3.68. The van der Waals surface area contributed by atoms with Gasteiger partial charge < -0.3 is 4.74 Å². The number of carbonyl (C=O) groups is 1. The minimum absolute atomic E-state index is 0.156. The molecule has 1 aromatic carbocycles. The molecule has 0 aliphatic heterocycles. The molecule has 0 heterocycles. The summed E-state index contributed by atoms with van der Waals surface area (Å²) in [5.41, 5.74) is 0.581. The van der Waals surface area contributed by atoms with Crippen molar-refractivity contribution >= 4 is 27.5 Å². The van der Waals surface area contributed by atoms with Crippen LogP contribution < -0.4 is 0 Å². The van der Waals surface area contributed by atoms with Crippen LogP contribution in [0, 0.1) is 5.82 Å². The highest BCUT2D eigenvalue weighted by Crippen LogP contribution is 2.21. The van der Waals surface area contributed by atoms with Crippen molar-refractivity contribution in [3.63, 3.8) is 0 Å². The fraction of sp³-hybridized carbons (Fsp3) is 0.182. The summed E-state index contributed by atoms with van der Waals surface area (Å²) < 4.78 is 18.3. The van der Waals surface area contributed by atoms with Crippen LogP contribution in [0.15, 0.2) is 29.3 Å². The average Bonchev–Trinajstić information content (AvgIpc) is 2.21. The van der Waals surface area contributed by atoms with Gasteiger partial charge >= 0.3 is 5.97 Å². The molecule has 80 valence electrons. The lowest BCUT2D eigenvalue weighted by molar-refractivity contribution is -0.136. The first kappa shape index (κ1) is 11.9. The van der Waals surface area contributed by atoms with Gasteiger partial charge in [-0.05, 0) is 40.5 Å². The maximum atomic E-state index is 13.1. The van der Waals surface area contributed by atoms with Gasteiger partial charge in [-0.1, -0.05) is 12.6 Å². The molecule has 1 rings (SSSR count). The monoisotopic (exact) mass is 272 g/mol. The number of hydrogen-bond donors (Lipinski definition) is 0. The maximum Gasteiger partial charge on any atom is 0.338 e. The molecule has 0 bridgehead atoms. The molecule has 0 spiro atoms. The van der Waals surface area contributed by atoms with E-state index in [0.717, 1.165) is 0 Å². The summed E-state index contributed by atoms with van der Waals surface area (Å²) >= 11 is 3.03. The van der Waals surface area contributed by atoms with Crippen molar-refractivity contribution in [2.75, 3.05) is 6.61 Å². The third-order valence-electron chi connectivity index (χ3n) is 1.79. The Morgan fingerprint density at radius 1 is 1.60 bits per heavy atom. The first-order chi connectivity index (χ1) is 7.06. The smallest absolute Gasteiger partial charge is 0.338 e. The molecule has 0 unspecified atom stereocenters. The molecule has 15 heavy (non-hydrogen) atoms. The van der Waals surface area contributed by atoms with Crippen LogP contribution in [0.4, 0.5) is 4.39 Å². The Balaban J connectivity index is 2.92. The third-order valence-corrected chi connectivity index (χ3v) is 2.43. The van der Waals surface area contributed by atoms with Gasteiger partial charge in [-0.25, -0.2) is 9.18 Å². The van der Waals surface area contributed by atoms with E-state index in [2.05, 4.69) is 22.5 Å². The number of rotatable bonds is 3. The first-order valence-electron chi connectivity index (χ1n) is 4.37. The van der Waals surface area contributed by atoms with Crippen LogP contribution >= 0.6 is 15.9 Å². The molecule has 1 aromatic rings. The van der Waals surface area contributed by atoms with Gasteiger partial charge in [-0.2, -0.15) is 0 Å². The van der Waals surface area contributed by atoms with Crippen molar-refractivity contribution < 1.29 is 13.9 Å². The predicted octanol–water partition coefficient (Wildman–Crippen LogP) is 3.16. The van der Waals surface area contributed by atoms with Crippen LogP contribution in [0.2, 0.25) is 0 Å². The highest BCUT2D eigenvalue weighted by atomic mass is 79.9. The molecule has 0 aliphatic carbocycles. The topological polar surface area (TPSA) is 26.3 Å². The molecular weight excluding hydrogens is 263 g/mol. The van der Waals surface area contributed by atoms with Crippen molar-refractivity contribution in [3.8, 4) is 0 Å². The Hall–Kier alpha value is -1.16. The summed E-state index contributed by atoms with van der Waals surface area (Å²) in [6, 6.07) is 4.37. The lowest BCUT2D eigenvalue weighted by Crippen LogP contribution is -2.05. The molecule has 0 aliphatic rings. The van der Waals surface area contributed by atoms with Crippen LogP contribution in [0.25, 0.3) is 5.57 Å². The Morgan fingerprint density at radius 3 is 2.80 bits per heavy atom. The molecule has 0 saturated carbocycles. The standard InChI is InChI=1S/C11H10BrFO2/c1-3-15-11(14)7(2)8-4-5-9(12)10(13)6-8/h4-6H,2-3H2,1H3. The van der Waals surface area contributed by atoms with E-state index in [9.17, 15) is 9.18 Å².